The van der Waals surface area contributed by atoms with Gasteiger partial charge in [0, 0.05) is 11.2 Å². The summed E-state index contributed by atoms with van der Waals surface area (Å²) in [6, 6.07) is 6.97. The summed E-state index contributed by atoms with van der Waals surface area (Å²) in [5.41, 5.74) is 11.9. The van der Waals surface area contributed by atoms with Gasteiger partial charge in [0.1, 0.15) is 0 Å². The molecule has 0 saturated carbocycles. The van der Waals surface area contributed by atoms with Crippen LogP contribution in [0.15, 0.2) is 24.3 Å². The van der Waals surface area contributed by atoms with E-state index in [0.29, 0.717) is 5.69 Å². The molecule has 0 heterocycles. The van der Waals surface area contributed by atoms with Crippen molar-refractivity contribution in [2.75, 3.05) is 5.73 Å². The number of carboxylic acids is 1. The second-order valence-corrected chi connectivity index (χ2v) is 3.61. The Kier molecular flexibility index (Phi) is 2.76. The van der Waals surface area contributed by atoms with Crippen molar-refractivity contribution in [2.45, 2.75) is 18.9 Å². The Morgan fingerprint density at radius 3 is 2.71 bits per heavy atom. The lowest BCUT2D eigenvalue weighted by Crippen LogP contribution is -2.35. The quantitative estimate of drug-likeness (QED) is 0.624. The molecule has 4 heteroatoms. The minimum absolute atomic E-state index is 0.115. The summed E-state index contributed by atoms with van der Waals surface area (Å²) in [5, 5.41) is 8.67. The molecule has 0 amide bonds. The van der Waals surface area contributed by atoms with Gasteiger partial charge < -0.3 is 16.6 Å². The van der Waals surface area contributed by atoms with Gasteiger partial charge in [-0.15, -0.1) is 0 Å². The highest BCUT2D eigenvalue weighted by molar-refractivity contribution is 5.69. The lowest BCUT2D eigenvalue weighted by molar-refractivity contribution is -0.138. The van der Waals surface area contributed by atoms with E-state index in [9.17, 15) is 4.79 Å². The van der Waals surface area contributed by atoms with Crippen LogP contribution in [0.25, 0.3) is 0 Å². The molecule has 5 N–H and O–H groups in total. The van der Waals surface area contributed by atoms with Crippen molar-refractivity contribution in [3.63, 3.8) is 0 Å². The zero-order chi connectivity index (χ0) is 10.8. The Morgan fingerprint density at radius 2 is 2.21 bits per heavy atom. The van der Waals surface area contributed by atoms with Gasteiger partial charge in [-0.25, -0.2) is 0 Å². The number of nitrogen functional groups attached to an aromatic ring is 1. The van der Waals surface area contributed by atoms with Crippen molar-refractivity contribution in [3.05, 3.63) is 29.8 Å². The highest BCUT2D eigenvalue weighted by Crippen LogP contribution is 2.22. The van der Waals surface area contributed by atoms with Crippen molar-refractivity contribution in [3.8, 4) is 0 Å². The number of nitrogens with two attached hydrogens (primary N) is 2. The molecular weight excluding hydrogens is 180 g/mol. The van der Waals surface area contributed by atoms with Crippen LogP contribution in [0.4, 0.5) is 5.69 Å². The maximum absolute atomic E-state index is 10.6. The molecule has 0 saturated heterocycles. The van der Waals surface area contributed by atoms with Gasteiger partial charge in [0.05, 0.1) is 6.42 Å². The molecule has 0 unspecified atom stereocenters. The molecule has 0 aliphatic heterocycles. The van der Waals surface area contributed by atoms with Crippen molar-refractivity contribution in [1.29, 1.82) is 0 Å². The number of hydrogen-bond acceptors (Lipinski definition) is 3. The summed E-state index contributed by atoms with van der Waals surface area (Å²) in [5.74, 6) is -0.919. The third kappa shape index (κ3) is 2.47. The Morgan fingerprint density at radius 1 is 1.57 bits per heavy atom. The van der Waals surface area contributed by atoms with Gasteiger partial charge in [-0.3, -0.25) is 4.79 Å². The van der Waals surface area contributed by atoms with E-state index in [0.717, 1.165) is 5.56 Å². The van der Waals surface area contributed by atoms with Crippen LogP contribution in [-0.2, 0) is 10.3 Å². The van der Waals surface area contributed by atoms with Crippen LogP contribution in [0.2, 0.25) is 0 Å². The average Bonchev–Trinajstić information content (AvgIpc) is 2.01. The fourth-order valence-electron chi connectivity index (χ4n) is 1.31. The van der Waals surface area contributed by atoms with Gasteiger partial charge in [0.25, 0.3) is 0 Å². The van der Waals surface area contributed by atoms with E-state index in [2.05, 4.69) is 0 Å². The minimum Gasteiger partial charge on any atom is -0.481 e. The van der Waals surface area contributed by atoms with E-state index in [4.69, 9.17) is 16.6 Å². The number of hydrogen-bond donors (Lipinski definition) is 3. The van der Waals surface area contributed by atoms with Crippen LogP contribution in [0, 0.1) is 0 Å². The van der Waals surface area contributed by atoms with Crippen LogP contribution in [-0.4, -0.2) is 11.1 Å². The molecule has 14 heavy (non-hydrogen) atoms. The monoisotopic (exact) mass is 194 g/mol. The topological polar surface area (TPSA) is 89.3 Å². The zero-order valence-corrected chi connectivity index (χ0v) is 8.03. The van der Waals surface area contributed by atoms with E-state index in [1.807, 2.05) is 0 Å². The highest BCUT2D eigenvalue weighted by atomic mass is 16.4. The molecule has 4 nitrogen and oxygen atoms in total. The zero-order valence-electron chi connectivity index (χ0n) is 8.03. The maximum atomic E-state index is 10.6. The molecule has 0 aliphatic carbocycles. The number of anilines is 1. The van der Waals surface area contributed by atoms with Crippen LogP contribution in [0.3, 0.4) is 0 Å². The summed E-state index contributed by atoms with van der Waals surface area (Å²) in [4.78, 5) is 10.6. The van der Waals surface area contributed by atoms with Crippen LogP contribution in [0.1, 0.15) is 18.9 Å². The normalized spacial score (nSPS) is 14.7. The van der Waals surface area contributed by atoms with Crippen LogP contribution in [0.5, 0.6) is 0 Å². The van der Waals surface area contributed by atoms with Crippen LogP contribution >= 0.6 is 0 Å². The second kappa shape index (κ2) is 3.67. The van der Waals surface area contributed by atoms with Crippen molar-refractivity contribution >= 4 is 11.7 Å². The number of rotatable bonds is 3. The fraction of sp³-hybridized carbons (Fsp3) is 0.300. The number of carbonyl (C=O) groups is 1. The van der Waals surface area contributed by atoms with Crippen molar-refractivity contribution in [2.24, 2.45) is 5.73 Å². The molecule has 0 aromatic heterocycles. The molecule has 1 aromatic rings. The smallest absolute Gasteiger partial charge is 0.305 e. The first-order chi connectivity index (χ1) is 6.42. The standard InChI is InChI=1S/C10H14N2O2/c1-10(12,6-9(13)14)7-3-2-4-8(11)5-7/h2-5H,6,11-12H2,1H3,(H,13,14)/t10-/m0/s1. The lowest BCUT2D eigenvalue weighted by atomic mass is 9.89. The van der Waals surface area contributed by atoms with Crippen LogP contribution < -0.4 is 11.5 Å². The van der Waals surface area contributed by atoms with E-state index in [1.165, 1.54) is 0 Å². The van der Waals surface area contributed by atoms with Gasteiger partial charge >= 0.3 is 5.97 Å². The predicted octanol–water partition coefficient (Wildman–Crippen LogP) is 0.917. The highest BCUT2D eigenvalue weighted by Gasteiger charge is 2.24. The molecule has 1 aromatic carbocycles. The fourth-order valence-corrected chi connectivity index (χ4v) is 1.31. The first kappa shape index (κ1) is 10.5. The first-order valence-corrected chi connectivity index (χ1v) is 4.28. The van der Waals surface area contributed by atoms with E-state index >= 15 is 0 Å². The SMILES string of the molecule is C[C@](N)(CC(=O)O)c1cccc(N)c1. The molecule has 0 radical (unpaired) electrons. The third-order valence-electron chi connectivity index (χ3n) is 2.06. The Balaban J connectivity index is 2.97. The summed E-state index contributed by atoms with van der Waals surface area (Å²) >= 11 is 0. The Bertz CT molecular complexity index is 348. The van der Waals surface area contributed by atoms with Gasteiger partial charge in [-0.2, -0.15) is 0 Å². The Hall–Kier alpha value is -1.55. The van der Waals surface area contributed by atoms with E-state index in [-0.39, 0.29) is 6.42 Å². The molecule has 0 spiro atoms. The van der Waals surface area contributed by atoms with E-state index in [1.54, 1.807) is 31.2 Å². The molecule has 0 bridgehead atoms. The third-order valence-corrected chi connectivity index (χ3v) is 2.06. The number of carboxylic acid groups (broad SMARTS) is 1. The van der Waals surface area contributed by atoms with Crippen molar-refractivity contribution < 1.29 is 9.90 Å². The second-order valence-electron chi connectivity index (χ2n) is 3.61. The maximum Gasteiger partial charge on any atom is 0.305 e. The minimum atomic E-state index is -0.919. The van der Waals surface area contributed by atoms with E-state index < -0.39 is 11.5 Å². The predicted molar refractivity (Wildman–Crippen MR) is 54.6 cm³/mol. The molecular formula is C10H14N2O2. The summed E-state index contributed by atoms with van der Waals surface area (Å²) in [7, 11) is 0. The van der Waals surface area contributed by atoms with Gasteiger partial charge in [0.2, 0.25) is 0 Å². The molecule has 1 rings (SSSR count). The Labute approximate surface area is 82.5 Å². The van der Waals surface area contributed by atoms with Gasteiger partial charge in [0.15, 0.2) is 0 Å². The number of benzene rings is 1. The largest absolute Gasteiger partial charge is 0.481 e. The van der Waals surface area contributed by atoms with Crippen molar-refractivity contribution in [1.82, 2.24) is 0 Å². The number of aliphatic carboxylic acids is 1. The summed E-state index contributed by atoms with van der Waals surface area (Å²) in [6.45, 7) is 1.68. The summed E-state index contributed by atoms with van der Waals surface area (Å²) in [6.07, 6.45) is -0.115. The molecule has 76 valence electrons. The van der Waals surface area contributed by atoms with Gasteiger partial charge in [-0.1, -0.05) is 12.1 Å². The molecule has 0 fully saturated rings. The summed E-state index contributed by atoms with van der Waals surface area (Å²) < 4.78 is 0. The molecule has 1 atom stereocenters. The lowest BCUT2D eigenvalue weighted by Gasteiger charge is -2.23. The average molecular weight is 194 g/mol. The molecule has 0 aliphatic rings. The van der Waals surface area contributed by atoms with Gasteiger partial charge in [-0.05, 0) is 24.6 Å². The first-order valence-electron chi connectivity index (χ1n) is 4.28.